The Morgan fingerprint density at radius 1 is 1.35 bits per heavy atom. The lowest BCUT2D eigenvalue weighted by Gasteiger charge is -2.14. The third-order valence-corrected chi connectivity index (χ3v) is 2.35. The Labute approximate surface area is 101 Å². The number of methoxy groups -OCH3 is 2. The fourth-order valence-corrected chi connectivity index (χ4v) is 1.23. The molecule has 1 rings (SSSR count). The van der Waals surface area contributed by atoms with Crippen LogP contribution in [-0.4, -0.2) is 32.8 Å². The molecule has 5 nitrogen and oxygen atoms in total. The second-order valence-electron chi connectivity index (χ2n) is 3.64. The Morgan fingerprint density at radius 2 is 2.06 bits per heavy atom. The second kappa shape index (κ2) is 6.10. The molecule has 0 aliphatic heterocycles. The van der Waals surface area contributed by atoms with Crippen molar-refractivity contribution in [3.8, 4) is 11.5 Å². The summed E-state index contributed by atoms with van der Waals surface area (Å²) in [5.74, 6) is 1.17. The molecule has 0 saturated heterocycles. The van der Waals surface area contributed by atoms with Crippen LogP contribution in [0.25, 0.3) is 0 Å². The molecule has 94 valence electrons. The Hall–Kier alpha value is -1.75. The highest BCUT2D eigenvalue weighted by Gasteiger charge is 2.08. The summed E-state index contributed by atoms with van der Waals surface area (Å²) in [6.45, 7) is 2.35. The van der Waals surface area contributed by atoms with Gasteiger partial charge in [-0.05, 0) is 25.1 Å². The van der Waals surface area contributed by atoms with E-state index < -0.39 is 0 Å². The van der Waals surface area contributed by atoms with Crippen molar-refractivity contribution in [1.29, 1.82) is 5.41 Å². The van der Waals surface area contributed by atoms with E-state index in [2.05, 4.69) is 0 Å². The summed E-state index contributed by atoms with van der Waals surface area (Å²) >= 11 is 0. The summed E-state index contributed by atoms with van der Waals surface area (Å²) in [5.41, 5.74) is 6.00. The van der Waals surface area contributed by atoms with Gasteiger partial charge in [0.25, 0.3) is 0 Å². The lowest BCUT2D eigenvalue weighted by Crippen LogP contribution is -2.16. The predicted molar refractivity (Wildman–Crippen MR) is 66.0 cm³/mol. The van der Waals surface area contributed by atoms with Gasteiger partial charge in [0.05, 0.1) is 13.2 Å². The van der Waals surface area contributed by atoms with Crippen LogP contribution >= 0.6 is 0 Å². The Kier molecular flexibility index (Phi) is 4.78. The Bertz CT molecular complexity index is 393. The molecule has 0 aliphatic carbocycles. The SMILES string of the molecule is COc1cc(C(=N)N)ccc1OCC(C)OC. The molecule has 1 aromatic carbocycles. The molecule has 0 bridgehead atoms. The minimum absolute atomic E-state index is 0.000101. The summed E-state index contributed by atoms with van der Waals surface area (Å²) in [6.07, 6.45) is 0.00666. The van der Waals surface area contributed by atoms with Crippen molar-refractivity contribution in [2.24, 2.45) is 5.73 Å². The maximum absolute atomic E-state index is 7.34. The summed E-state index contributed by atoms with van der Waals surface area (Å²) in [7, 11) is 3.18. The molecule has 0 aromatic heterocycles. The van der Waals surface area contributed by atoms with Gasteiger partial charge in [-0.15, -0.1) is 0 Å². The molecule has 17 heavy (non-hydrogen) atoms. The van der Waals surface area contributed by atoms with E-state index in [-0.39, 0.29) is 11.9 Å². The fourth-order valence-electron chi connectivity index (χ4n) is 1.23. The van der Waals surface area contributed by atoms with Crippen LogP contribution in [0.3, 0.4) is 0 Å². The van der Waals surface area contributed by atoms with Crippen LogP contribution in [0.2, 0.25) is 0 Å². The molecular weight excluding hydrogens is 220 g/mol. The molecule has 0 saturated carbocycles. The molecule has 1 atom stereocenters. The predicted octanol–water partition coefficient (Wildman–Crippen LogP) is 1.39. The molecule has 0 radical (unpaired) electrons. The third-order valence-electron chi connectivity index (χ3n) is 2.35. The number of rotatable bonds is 6. The smallest absolute Gasteiger partial charge is 0.161 e. The van der Waals surface area contributed by atoms with E-state index in [1.807, 2.05) is 6.92 Å². The minimum Gasteiger partial charge on any atom is -0.493 e. The van der Waals surface area contributed by atoms with Gasteiger partial charge in [0.2, 0.25) is 0 Å². The molecule has 0 fully saturated rings. The number of hydrogen-bond acceptors (Lipinski definition) is 4. The van der Waals surface area contributed by atoms with E-state index in [0.29, 0.717) is 23.7 Å². The summed E-state index contributed by atoms with van der Waals surface area (Å²) in [5, 5.41) is 7.34. The van der Waals surface area contributed by atoms with Gasteiger partial charge in [-0.2, -0.15) is 0 Å². The lowest BCUT2D eigenvalue weighted by molar-refractivity contribution is 0.0706. The van der Waals surface area contributed by atoms with Crippen molar-refractivity contribution in [1.82, 2.24) is 0 Å². The Morgan fingerprint density at radius 3 is 2.59 bits per heavy atom. The molecule has 5 heteroatoms. The average molecular weight is 238 g/mol. The van der Waals surface area contributed by atoms with Gasteiger partial charge in [-0.1, -0.05) is 0 Å². The highest BCUT2D eigenvalue weighted by Crippen LogP contribution is 2.28. The molecule has 1 unspecified atom stereocenters. The van der Waals surface area contributed by atoms with Crippen LogP contribution in [0.1, 0.15) is 12.5 Å². The molecule has 0 aliphatic rings. The van der Waals surface area contributed by atoms with E-state index in [4.69, 9.17) is 25.4 Å². The molecular formula is C12H18N2O3. The normalized spacial score (nSPS) is 11.9. The maximum Gasteiger partial charge on any atom is 0.161 e. The van der Waals surface area contributed by atoms with Crippen LogP contribution in [-0.2, 0) is 4.74 Å². The van der Waals surface area contributed by atoms with Crippen LogP contribution in [0.4, 0.5) is 0 Å². The Balaban J connectivity index is 2.82. The number of amidine groups is 1. The number of nitrogens with two attached hydrogens (primary N) is 1. The number of hydrogen-bond donors (Lipinski definition) is 2. The average Bonchev–Trinajstić information content (AvgIpc) is 2.35. The first-order chi connectivity index (χ1) is 8.08. The summed E-state index contributed by atoms with van der Waals surface area (Å²) < 4.78 is 15.8. The lowest BCUT2D eigenvalue weighted by atomic mass is 10.2. The molecule has 0 amide bonds. The van der Waals surface area contributed by atoms with E-state index in [1.54, 1.807) is 32.4 Å². The summed E-state index contributed by atoms with van der Waals surface area (Å²) in [6, 6.07) is 5.13. The standard InChI is InChI=1S/C12H18N2O3/c1-8(15-2)7-17-10-5-4-9(12(13)14)6-11(10)16-3/h4-6,8H,7H2,1-3H3,(H3,13,14). The van der Waals surface area contributed by atoms with Crippen molar-refractivity contribution in [2.75, 3.05) is 20.8 Å². The highest BCUT2D eigenvalue weighted by molar-refractivity contribution is 5.95. The number of ether oxygens (including phenoxy) is 3. The first-order valence-corrected chi connectivity index (χ1v) is 5.26. The van der Waals surface area contributed by atoms with Crippen molar-refractivity contribution >= 4 is 5.84 Å². The first kappa shape index (κ1) is 13.3. The van der Waals surface area contributed by atoms with Crippen LogP contribution < -0.4 is 15.2 Å². The van der Waals surface area contributed by atoms with Crippen molar-refractivity contribution < 1.29 is 14.2 Å². The van der Waals surface area contributed by atoms with Gasteiger partial charge in [0.15, 0.2) is 11.5 Å². The third kappa shape index (κ3) is 3.64. The highest BCUT2D eigenvalue weighted by atomic mass is 16.5. The second-order valence-corrected chi connectivity index (χ2v) is 3.64. The number of benzene rings is 1. The van der Waals surface area contributed by atoms with Crippen LogP contribution in [0, 0.1) is 5.41 Å². The first-order valence-electron chi connectivity index (χ1n) is 5.26. The maximum atomic E-state index is 7.34. The molecule has 1 aromatic rings. The zero-order valence-corrected chi connectivity index (χ0v) is 10.3. The number of nitrogen functional groups attached to an aromatic ring is 1. The van der Waals surface area contributed by atoms with Gasteiger partial charge in [0.1, 0.15) is 12.4 Å². The van der Waals surface area contributed by atoms with E-state index in [1.165, 1.54) is 0 Å². The van der Waals surface area contributed by atoms with Crippen molar-refractivity contribution in [3.05, 3.63) is 23.8 Å². The van der Waals surface area contributed by atoms with Gasteiger partial charge in [-0.25, -0.2) is 0 Å². The minimum atomic E-state index is 0.000101. The summed E-state index contributed by atoms with van der Waals surface area (Å²) in [4.78, 5) is 0. The van der Waals surface area contributed by atoms with Crippen molar-refractivity contribution in [2.45, 2.75) is 13.0 Å². The topological polar surface area (TPSA) is 77.6 Å². The molecule has 3 N–H and O–H groups in total. The number of nitrogens with one attached hydrogen (secondary N) is 1. The van der Waals surface area contributed by atoms with E-state index in [0.717, 1.165) is 0 Å². The van der Waals surface area contributed by atoms with Gasteiger partial charge in [0, 0.05) is 12.7 Å². The zero-order chi connectivity index (χ0) is 12.8. The fraction of sp³-hybridized carbons (Fsp3) is 0.417. The molecule has 0 spiro atoms. The monoisotopic (exact) mass is 238 g/mol. The van der Waals surface area contributed by atoms with Crippen LogP contribution in [0.15, 0.2) is 18.2 Å². The zero-order valence-electron chi connectivity index (χ0n) is 10.3. The van der Waals surface area contributed by atoms with Gasteiger partial charge in [-0.3, -0.25) is 5.41 Å². The largest absolute Gasteiger partial charge is 0.493 e. The van der Waals surface area contributed by atoms with Crippen LogP contribution in [0.5, 0.6) is 11.5 Å². The molecule has 0 heterocycles. The van der Waals surface area contributed by atoms with E-state index >= 15 is 0 Å². The quantitative estimate of drug-likeness (QED) is 0.580. The van der Waals surface area contributed by atoms with Crippen molar-refractivity contribution in [3.63, 3.8) is 0 Å². The van der Waals surface area contributed by atoms with Gasteiger partial charge >= 0.3 is 0 Å². The van der Waals surface area contributed by atoms with E-state index in [9.17, 15) is 0 Å². The van der Waals surface area contributed by atoms with Gasteiger partial charge < -0.3 is 19.9 Å².